The predicted octanol–water partition coefficient (Wildman–Crippen LogP) is 1.31. The van der Waals surface area contributed by atoms with Crippen LogP contribution in [0.2, 0.25) is 0 Å². The monoisotopic (exact) mass is 182 g/mol. The Labute approximate surface area is 77.4 Å². The van der Waals surface area contributed by atoms with Gasteiger partial charge in [0.05, 0.1) is 0 Å². The van der Waals surface area contributed by atoms with Crippen molar-refractivity contribution in [3.63, 3.8) is 0 Å². The predicted molar refractivity (Wildman–Crippen MR) is 46.0 cm³/mol. The first-order valence-corrected chi connectivity index (χ1v) is 4.75. The first kappa shape index (κ1) is 8.73. The molecule has 0 aromatic heterocycles. The number of ether oxygens (including phenoxy) is 1. The number of ketones is 1. The summed E-state index contributed by atoms with van der Waals surface area (Å²) in [6, 6.07) is 0. The molecule has 0 bridgehead atoms. The first-order chi connectivity index (χ1) is 6.03. The quantitative estimate of drug-likeness (QED) is 0.574. The van der Waals surface area contributed by atoms with Crippen LogP contribution in [-0.2, 0) is 14.3 Å². The summed E-state index contributed by atoms with van der Waals surface area (Å²) in [6.45, 7) is 3.36. The third kappa shape index (κ3) is 1.18. The second-order valence-electron chi connectivity index (χ2n) is 4.33. The lowest BCUT2D eigenvalue weighted by atomic mass is 9.63. The fourth-order valence-corrected chi connectivity index (χ4v) is 2.77. The molecular weight excluding hydrogens is 168 g/mol. The highest BCUT2D eigenvalue weighted by molar-refractivity contribution is 5.85. The number of rotatable bonds is 1. The van der Waals surface area contributed by atoms with Crippen molar-refractivity contribution < 1.29 is 14.3 Å². The highest BCUT2D eigenvalue weighted by Crippen LogP contribution is 2.53. The van der Waals surface area contributed by atoms with Crippen molar-refractivity contribution in [2.75, 3.05) is 0 Å². The van der Waals surface area contributed by atoms with Crippen LogP contribution >= 0.6 is 0 Å². The molecule has 0 heterocycles. The van der Waals surface area contributed by atoms with Gasteiger partial charge in [-0.1, -0.05) is 0 Å². The summed E-state index contributed by atoms with van der Waals surface area (Å²) in [5, 5.41) is 0. The summed E-state index contributed by atoms with van der Waals surface area (Å²) in [4.78, 5) is 22.1. The van der Waals surface area contributed by atoms with Gasteiger partial charge in [-0.25, -0.2) is 0 Å². The highest BCUT2D eigenvalue weighted by atomic mass is 16.6. The molecule has 2 rings (SSSR count). The SMILES string of the molecule is CC(=O)OC1(C)CC2C(=O)CCC21. The minimum atomic E-state index is -0.345. The number of hydrogen-bond acceptors (Lipinski definition) is 3. The van der Waals surface area contributed by atoms with Crippen molar-refractivity contribution in [2.24, 2.45) is 11.8 Å². The van der Waals surface area contributed by atoms with Crippen LogP contribution in [0.5, 0.6) is 0 Å². The van der Waals surface area contributed by atoms with Crippen LogP contribution in [0, 0.1) is 11.8 Å². The van der Waals surface area contributed by atoms with E-state index in [9.17, 15) is 9.59 Å². The molecule has 0 aromatic carbocycles. The molecule has 0 N–H and O–H groups in total. The zero-order chi connectivity index (χ0) is 9.64. The lowest BCUT2D eigenvalue weighted by Crippen LogP contribution is -2.53. The minimum absolute atomic E-state index is 0.185. The molecule has 0 amide bonds. The second kappa shape index (κ2) is 2.56. The van der Waals surface area contributed by atoms with E-state index in [4.69, 9.17) is 4.74 Å². The maximum absolute atomic E-state index is 11.3. The molecule has 0 aromatic rings. The molecule has 2 aliphatic carbocycles. The Morgan fingerprint density at radius 2 is 2.31 bits per heavy atom. The molecule has 3 heteroatoms. The summed E-state index contributed by atoms with van der Waals surface area (Å²) in [5.41, 5.74) is -0.345. The molecule has 2 fully saturated rings. The number of Topliss-reactive ketones (excluding diaryl/α,β-unsaturated/α-hetero) is 1. The molecular formula is C10H14O3. The lowest BCUT2D eigenvalue weighted by molar-refractivity contribution is -0.185. The zero-order valence-electron chi connectivity index (χ0n) is 8.00. The largest absolute Gasteiger partial charge is 0.459 e. The van der Waals surface area contributed by atoms with Gasteiger partial charge in [0.2, 0.25) is 0 Å². The van der Waals surface area contributed by atoms with Gasteiger partial charge in [-0.3, -0.25) is 9.59 Å². The fourth-order valence-electron chi connectivity index (χ4n) is 2.77. The van der Waals surface area contributed by atoms with E-state index in [0.717, 1.165) is 12.8 Å². The molecule has 2 aliphatic rings. The normalized spacial score (nSPS) is 42.5. The summed E-state index contributed by atoms with van der Waals surface area (Å²) in [6.07, 6.45) is 2.30. The van der Waals surface area contributed by atoms with Crippen LogP contribution < -0.4 is 0 Å². The van der Waals surface area contributed by atoms with Crippen LogP contribution in [0.4, 0.5) is 0 Å². The first-order valence-electron chi connectivity index (χ1n) is 4.75. The van der Waals surface area contributed by atoms with Gasteiger partial charge in [-0.2, -0.15) is 0 Å². The van der Waals surface area contributed by atoms with E-state index in [-0.39, 0.29) is 17.5 Å². The summed E-state index contributed by atoms with van der Waals surface area (Å²) < 4.78 is 5.24. The van der Waals surface area contributed by atoms with Crippen molar-refractivity contribution in [3.8, 4) is 0 Å². The fraction of sp³-hybridized carbons (Fsp3) is 0.800. The number of carbonyl (C=O) groups is 2. The van der Waals surface area contributed by atoms with Gasteiger partial charge in [0, 0.05) is 25.2 Å². The molecule has 3 nitrogen and oxygen atoms in total. The van der Waals surface area contributed by atoms with E-state index in [1.165, 1.54) is 6.92 Å². The summed E-state index contributed by atoms with van der Waals surface area (Å²) in [7, 11) is 0. The average molecular weight is 182 g/mol. The molecule has 72 valence electrons. The minimum Gasteiger partial charge on any atom is -0.459 e. The van der Waals surface area contributed by atoms with Crippen molar-refractivity contribution in [3.05, 3.63) is 0 Å². The Hall–Kier alpha value is -0.860. The van der Waals surface area contributed by atoms with Gasteiger partial charge in [0.15, 0.2) is 0 Å². The van der Waals surface area contributed by atoms with Crippen LogP contribution in [0.25, 0.3) is 0 Å². The molecule has 3 unspecified atom stereocenters. The van der Waals surface area contributed by atoms with Gasteiger partial charge in [-0.05, 0) is 19.8 Å². The van der Waals surface area contributed by atoms with Gasteiger partial charge in [0.1, 0.15) is 11.4 Å². The van der Waals surface area contributed by atoms with E-state index < -0.39 is 0 Å². The summed E-state index contributed by atoms with van der Waals surface area (Å²) in [5.74, 6) is 0.600. The van der Waals surface area contributed by atoms with Crippen molar-refractivity contribution in [1.29, 1.82) is 0 Å². The van der Waals surface area contributed by atoms with Gasteiger partial charge in [-0.15, -0.1) is 0 Å². The molecule has 0 radical (unpaired) electrons. The van der Waals surface area contributed by atoms with Crippen molar-refractivity contribution in [1.82, 2.24) is 0 Å². The van der Waals surface area contributed by atoms with E-state index in [2.05, 4.69) is 0 Å². The Morgan fingerprint density at radius 3 is 2.85 bits per heavy atom. The molecule has 0 aliphatic heterocycles. The maximum Gasteiger partial charge on any atom is 0.303 e. The van der Waals surface area contributed by atoms with Gasteiger partial charge in [0.25, 0.3) is 0 Å². The topological polar surface area (TPSA) is 43.4 Å². The van der Waals surface area contributed by atoms with E-state index >= 15 is 0 Å². The van der Waals surface area contributed by atoms with Crippen LogP contribution in [0.1, 0.15) is 33.1 Å². The summed E-state index contributed by atoms with van der Waals surface area (Å²) >= 11 is 0. The zero-order valence-corrected chi connectivity index (χ0v) is 8.00. The third-order valence-electron chi connectivity index (χ3n) is 3.39. The van der Waals surface area contributed by atoms with E-state index in [0.29, 0.717) is 18.1 Å². The van der Waals surface area contributed by atoms with Crippen molar-refractivity contribution in [2.45, 2.75) is 38.7 Å². The maximum atomic E-state index is 11.3. The second-order valence-corrected chi connectivity index (χ2v) is 4.33. The molecule has 2 saturated carbocycles. The number of hydrogen-bond donors (Lipinski definition) is 0. The van der Waals surface area contributed by atoms with Gasteiger partial charge < -0.3 is 4.74 Å². The van der Waals surface area contributed by atoms with E-state index in [1.54, 1.807) is 0 Å². The smallest absolute Gasteiger partial charge is 0.303 e. The van der Waals surface area contributed by atoms with Crippen LogP contribution in [0.15, 0.2) is 0 Å². The molecule has 13 heavy (non-hydrogen) atoms. The Bertz CT molecular complexity index is 271. The Kier molecular flexibility index (Phi) is 1.72. The van der Waals surface area contributed by atoms with Crippen LogP contribution in [-0.4, -0.2) is 17.4 Å². The average Bonchev–Trinajstić information content (AvgIpc) is 2.27. The van der Waals surface area contributed by atoms with Gasteiger partial charge >= 0.3 is 5.97 Å². The number of fused-ring (bicyclic) bond motifs is 1. The lowest BCUT2D eigenvalue weighted by Gasteiger charge is -2.48. The molecule has 3 atom stereocenters. The number of carbonyl (C=O) groups excluding carboxylic acids is 2. The molecule has 0 saturated heterocycles. The third-order valence-corrected chi connectivity index (χ3v) is 3.39. The van der Waals surface area contributed by atoms with Crippen LogP contribution in [0.3, 0.4) is 0 Å². The Morgan fingerprint density at radius 1 is 1.62 bits per heavy atom. The Balaban J connectivity index is 2.06. The standard InChI is InChI=1S/C10H14O3/c1-6(11)13-10(2)5-7-8(10)3-4-9(7)12/h7-8H,3-5H2,1-2H3. The van der Waals surface area contributed by atoms with E-state index in [1.807, 2.05) is 6.92 Å². The highest BCUT2D eigenvalue weighted by Gasteiger charge is 2.58. The molecule has 0 spiro atoms. The number of esters is 1. The van der Waals surface area contributed by atoms with Crippen molar-refractivity contribution >= 4 is 11.8 Å².